The second-order valence-electron chi connectivity index (χ2n) is 4.06. The number of nitrogens with zero attached hydrogens (tertiary/aromatic N) is 1. The number of aryl methyl sites for hydroxylation is 1. The van der Waals surface area contributed by atoms with Gasteiger partial charge in [-0.3, -0.25) is 0 Å². The fourth-order valence-corrected chi connectivity index (χ4v) is 2.81. The average Bonchev–Trinajstić information content (AvgIpc) is 2.83. The summed E-state index contributed by atoms with van der Waals surface area (Å²) in [5.74, 6) is -0.0487. The summed E-state index contributed by atoms with van der Waals surface area (Å²) in [5.41, 5.74) is 6.73. The Morgan fingerprint density at radius 2 is 2.16 bits per heavy atom. The molecule has 19 heavy (non-hydrogen) atoms. The van der Waals surface area contributed by atoms with E-state index < -0.39 is 0 Å². The van der Waals surface area contributed by atoms with Gasteiger partial charge in [0.05, 0.1) is 17.3 Å². The van der Waals surface area contributed by atoms with Crippen LogP contribution in [-0.2, 0) is 19.4 Å². The molecule has 0 saturated carbocycles. The quantitative estimate of drug-likeness (QED) is 0.885. The third-order valence-electron chi connectivity index (χ3n) is 2.75. The van der Waals surface area contributed by atoms with Crippen LogP contribution in [0.1, 0.15) is 22.5 Å². The first-order valence-electron chi connectivity index (χ1n) is 6.29. The number of nitrogens with two attached hydrogens (primary N) is 1. The van der Waals surface area contributed by atoms with Gasteiger partial charge in [0.1, 0.15) is 0 Å². The van der Waals surface area contributed by atoms with Crippen LogP contribution in [0.4, 0.5) is 4.39 Å². The first-order valence-corrected chi connectivity index (χ1v) is 7.11. The van der Waals surface area contributed by atoms with Gasteiger partial charge in [-0.05, 0) is 18.6 Å². The zero-order chi connectivity index (χ0) is 13.7. The first-order chi connectivity index (χ1) is 9.24. The number of thiazole rings is 1. The Bertz CT molecular complexity index is 520. The SMILES string of the molecule is CCc1nc(CCOc2ccccc2F)sc1CN. The van der Waals surface area contributed by atoms with Crippen molar-refractivity contribution in [2.24, 2.45) is 5.73 Å². The van der Waals surface area contributed by atoms with Crippen LogP contribution in [0.15, 0.2) is 24.3 Å². The van der Waals surface area contributed by atoms with E-state index in [1.807, 2.05) is 0 Å². The Labute approximate surface area is 116 Å². The minimum absolute atomic E-state index is 0.286. The van der Waals surface area contributed by atoms with Gasteiger partial charge in [0.25, 0.3) is 0 Å². The molecular weight excluding hydrogens is 263 g/mol. The summed E-state index contributed by atoms with van der Waals surface area (Å²) in [6.45, 7) is 3.00. The first kappa shape index (κ1) is 14.0. The highest BCUT2D eigenvalue weighted by molar-refractivity contribution is 7.11. The molecule has 0 aliphatic carbocycles. The summed E-state index contributed by atoms with van der Waals surface area (Å²) >= 11 is 1.61. The fourth-order valence-electron chi connectivity index (χ4n) is 1.79. The molecule has 102 valence electrons. The zero-order valence-corrected chi connectivity index (χ0v) is 11.7. The van der Waals surface area contributed by atoms with Gasteiger partial charge in [-0.2, -0.15) is 0 Å². The Kier molecular flexibility index (Phi) is 4.87. The van der Waals surface area contributed by atoms with E-state index in [0.717, 1.165) is 22.0 Å². The van der Waals surface area contributed by atoms with Crippen LogP contribution in [0.25, 0.3) is 0 Å². The molecule has 0 spiro atoms. The fraction of sp³-hybridized carbons (Fsp3) is 0.357. The number of benzene rings is 1. The van der Waals surface area contributed by atoms with Crippen molar-refractivity contribution in [1.29, 1.82) is 0 Å². The Morgan fingerprint density at radius 3 is 2.79 bits per heavy atom. The molecule has 2 aromatic rings. The van der Waals surface area contributed by atoms with Crippen LogP contribution in [0.2, 0.25) is 0 Å². The number of halogens is 1. The standard InChI is InChI=1S/C14H17FN2OS/c1-2-11-13(9-16)19-14(17-11)7-8-18-12-6-4-3-5-10(12)15/h3-6H,2,7-9,16H2,1H3. The molecule has 2 rings (SSSR count). The molecule has 0 radical (unpaired) electrons. The number of rotatable bonds is 6. The highest BCUT2D eigenvalue weighted by atomic mass is 32.1. The van der Waals surface area contributed by atoms with Gasteiger partial charge >= 0.3 is 0 Å². The van der Waals surface area contributed by atoms with Crippen molar-refractivity contribution in [3.8, 4) is 5.75 Å². The predicted molar refractivity (Wildman–Crippen MR) is 75.0 cm³/mol. The molecule has 0 atom stereocenters. The van der Waals surface area contributed by atoms with Crippen molar-refractivity contribution in [2.75, 3.05) is 6.61 Å². The van der Waals surface area contributed by atoms with Gasteiger partial charge in [-0.1, -0.05) is 19.1 Å². The van der Waals surface area contributed by atoms with Crippen LogP contribution in [0, 0.1) is 5.82 Å². The molecule has 0 fully saturated rings. The summed E-state index contributed by atoms with van der Waals surface area (Å²) in [5, 5.41) is 0.994. The summed E-state index contributed by atoms with van der Waals surface area (Å²) in [7, 11) is 0. The Morgan fingerprint density at radius 1 is 1.37 bits per heavy atom. The zero-order valence-electron chi connectivity index (χ0n) is 10.9. The van der Waals surface area contributed by atoms with E-state index in [1.54, 1.807) is 29.5 Å². The number of hydrogen-bond acceptors (Lipinski definition) is 4. The summed E-state index contributed by atoms with van der Waals surface area (Å²) in [6, 6.07) is 6.41. The molecule has 2 N–H and O–H groups in total. The smallest absolute Gasteiger partial charge is 0.165 e. The topological polar surface area (TPSA) is 48.1 Å². The van der Waals surface area contributed by atoms with Gasteiger partial charge < -0.3 is 10.5 Å². The van der Waals surface area contributed by atoms with Crippen molar-refractivity contribution in [3.63, 3.8) is 0 Å². The highest BCUT2D eigenvalue weighted by Gasteiger charge is 2.09. The van der Waals surface area contributed by atoms with Gasteiger partial charge in [0.15, 0.2) is 11.6 Å². The third kappa shape index (κ3) is 3.52. The molecule has 0 saturated heterocycles. The second-order valence-corrected chi connectivity index (χ2v) is 5.23. The van der Waals surface area contributed by atoms with Gasteiger partial charge in [0.2, 0.25) is 0 Å². The number of ether oxygens (including phenoxy) is 1. The molecule has 0 bridgehead atoms. The number of para-hydroxylation sites is 1. The summed E-state index contributed by atoms with van der Waals surface area (Å²) < 4.78 is 18.8. The lowest BCUT2D eigenvalue weighted by atomic mass is 10.3. The molecule has 3 nitrogen and oxygen atoms in total. The normalized spacial score (nSPS) is 10.7. The molecule has 0 unspecified atom stereocenters. The minimum Gasteiger partial charge on any atom is -0.490 e. The van der Waals surface area contributed by atoms with E-state index in [4.69, 9.17) is 10.5 Å². The molecular formula is C14H17FN2OS. The van der Waals surface area contributed by atoms with E-state index in [1.165, 1.54) is 6.07 Å². The number of hydrogen-bond donors (Lipinski definition) is 1. The molecule has 1 heterocycles. The molecule has 5 heteroatoms. The second kappa shape index (κ2) is 6.63. The van der Waals surface area contributed by atoms with Crippen molar-refractivity contribution in [3.05, 3.63) is 45.7 Å². The van der Waals surface area contributed by atoms with E-state index in [9.17, 15) is 4.39 Å². The van der Waals surface area contributed by atoms with Gasteiger partial charge in [-0.25, -0.2) is 9.37 Å². The van der Waals surface area contributed by atoms with E-state index >= 15 is 0 Å². The molecule has 0 amide bonds. The van der Waals surface area contributed by atoms with Crippen molar-refractivity contribution >= 4 is 11.3 Å². The van der Waals surface area contributed by atoms with E-state index in [0.29, 0.717) is 19.6 Å². The van der Waals surface area contributed by atoms with E-state index in [2.05, 4.69) is 11.9 Å². The van der Waals surface area contributed by atoms with Crippen molar-refractivity contribution < 1.29 is 9.13 Å². The lowest BCUT2D eigenvalue weighted by molar-refractivity contribution is 0.305. The van der Waals surface area contributed by atoms with Gasteiger partial charge in [-0.15, -0.1) is 11.3 Å². The monoisotopic (exact) mass is 280 g/mol. The summed E-state index contributed by atoms with van der Waals surface area (Å²) in [6.07, 6.45) is 1.56. The van der Waals surface area contributed by atoms with Crippen molar-refractivity contribution in [1.82, 2.24) is 4.98 Å². The van der Waals surface area contributed by atoms with Crippen LogP contribution in [-0.4, -0.2) is 11.6 Å². The molecule has 1 aromatic heterocycles. The maximum Gasteiger partial charge on any atom is 0.165 e. The minimum atomic E-state index is -0.335. The van der Waals surface area contributed by atoms with Crippen LogP contribution >= 0.6 is 11.3 Å². The maximum atomic E-state index is 13.3. The summed E-state index contributed by atoms with van der Waals surface area (Å²) in [4.78, 5) is 5.65. The Hall–Kier alpha value is -1.46. The van der Waals surface area contributed by atoms with Gasteiger partial charge in [0, 0.05) is 17.8 Å². The Balaban J connectivity index is 1.92. The molecule has 1 aromatic carbocycles. The average molecular weight is 280 g/mol. The number of aromatic nitrogens is 1. The van der Waals surface area contributed by atoms with Crippen LogP contribution in [0.3, 0.4) is 0 Å². The lowest BCUT2D eigenvalue weighted by Crippen LogP contribution is -2.02. The molecule has 0 aliphatic rings. The third-order valence-corrected chi connectivity index (χ3v) is 3.93. The van der Waals surface area contributed by atoms with Crippen LogP contribution in [0.5, 0.6) is 5.75 Å². The van der Waals surface area contributed by atoms with Crippen molar-refractivity contribution in [2.45, 2.75) is 26.3 Å². The largest absolute Gasteiger partial charge is 0.490 e. The van der Waals surface area contributed by atoms with E-state index in [-0.39, 0.29) is 11.6 Å². The highest BCUT2D eigenvalue weighted by Crippen LogP contribution is 2.20. The lowest BCUT2D eigenvalue weighted by Gasteiger charge is -2.05. The van der Waals surface area contributed by atoms with Crippen LogP contribution < -0.4 is 10.5 Å². The maximum absolute atomic E-state index is 13.3. The molecule has 0 aliphatic heterocycles. The predicted octanol–water partition coefficient (Wildman–Crippen LogP) is 2.92.